The quantitative estimate of drug-likeness (QED) is 0.136. The number of nitrogens with zero attached hydrogens (tertiary/aromatic N) is 4. The number of quaternary nitrogens is 2. The Morgan fingerprint density at radius 2 is 0.920 bits per heavy atom. The number of halogens is 2. The number of amides is 2. The molecule has 2 atom stereocenters. The molecule has 50 heavy (non-hydrogen) atoms. The highest BCUT2D eigenvalue weighted by Gasteiger charge is 2.28. The van der Waals surface area contributed by atoms with E-state index >= 15 is 0 Å². The smallest absolute Gasteiger partial charge is 0.414 e. The van der Waals surface area contributed by atoms with Crippen molar-refractivity contribution in [1.29, 1.82) is 0 Å². The molecule has 2 aromatic rings. The van der Waals surface area contributed by atoms with Crippen molar-refractivity contribution in [2.24, 2.45) is 0 Å². The van der Waals surface area contributed by atoms with E-state index in [1.807, 2.05) is 36.4 Å². The first-order valence-electron chi connectivity index (χ1n) is 17.4. The van der Waals surface area contributed by atoms with Crippen molar-refractivity contribution in [2.45, 2.75) is 78.3 Å². The maximum atomic E-state index is 13.1. The largest absolute Gasteiger partial charge is 1.00 e. The molecular weight excluding hydrogens is 768 g/mol. The number of ketones is 2. The molecule has 12 heteroatoms. The van der Waals surface area contributed by atoms with E-state index in [4.69, 9.17) is 9.47 Å². The van der Waals surface area contributed by atoms with Crippen molar-refractivity contribution >= 4 is 23.8 Å². The molecule has 0 aliphatic carbocycles. The predicted octanol–water partition coefficient (Wildman–Crippen LogP) is 0.708. The Balaban J connectivity index is 0.0000120. The Morgan fingerprint density at radius 1 is 0.580 bits per heavy atom. The minimum atomic E-state index is -0.426. The second-order valence-corrected chi connectivity index (χ2v) is 14.1. The van der Waals surface area contributed by atoms with E-state index in [2.05, 4.69) is 27.9 Å². The maximum Gasteiger partial charge on any atom is 0.414 e. The van der Waals surface area contributed by atoms with Gasteiger partial charge in [0.15, 0.2) is 11.6 Å². The fraction of sp³-hybridized carbons (Fsp3) is 0.579. The van der Waals surface area contributed by atoms with Gasteiger partial charge >= 0.3 is 12.2 Å². The van der Waals surface area contributed by atoms with Crippen LogP contribution in [0.3, 0.4) is 0 Å². The van der Waals surface area contributed by atoms with Crippen molar-refractivity contribution in [1.82, 2.24) is 9.80 Å². The van der Waals surface area contributed by atoms with Gasteiger partial charge in [-0.05, 0) is 49.9 Å². The number of Topliss-reactive ketones (excluding diaryl/α,β-unsaturated/α-hetero) is 2. The van der Waals surface area contributed by atoms with E-state index in [9.17, 15) is 19.2 Å². The lowest BCUT2D eigenvalue weighted by Crippen LogP contribution is -3.00. The highest BCUT2D eigenvalue weighted by molar-refractivity contribution is 5.80. The van der Waals surface area contributed by atoms with Crippen molar-refractivity contribution in [2.75, 3.05) is 68.5 Å². The van der Waals surface area contributed by atoms with E-state index < -0.39 is 12.2 Å². The van der Waals surface area contributed by atoms with Crippen molar-refractivity contribution in [3.63, 3.8) is 0 Å². The lowest BCUT2D eigenvalue weighted by atomic mass is 10.0. The van der Waals surface area contributed by atoms with Crippen LogP contribution in [-0.4, -0.2) is 111 Å². The molecule has 0 N–H and O–H groups in total. The number of likely N-dealkylation sites (N-methyl/N-ethyl adjacent to an activating group) is 2. The number of benzene rings is 2. The molecule has 0 aliphatic heterocycles. The highest BCUT2D eigenvalue weighted by atomic mass is 79.9. The van der Waals surface area contributed by atoms with Gasteiger partial charge < -0.3 is 62.2 Å². The Hall–Kier alpha value is -2.80. The molecule has 2 rings (SSSR count). The topological polar surface area (TPSA) is 93.2 Å². The lowest BCUT2D eigenvalue weighted by molar-refractivity contribution is -0.915. The van der Waals surface area contributed by atoms with E-state index in [0.717, 1.165) is 62.7 Å². The lowest BCUT2D eigenvalue weighted by Gasteiger charge is -2.34. The summed E-state index contributed by atoms with van der Waals surface area (Å²) < 4.78 is 12.3. The van der Waals surface area contributed by atoms with Crippen LogP contribution in [0.15, 0.2) is 48.5 Å². The summed E-state index contributed by atoms with van der Waals surface area (Å²) in [4.78, 5) is 53.4. The van der Waals surface area contributed by atoms with Crippen LogP contribution >= 0.6 is 0 Å². The summed E-state index contributed by atoms with van der Waals surface area (Å²) in [6.45, 7) is 7.96. The van der Waals surface area contributed by atoms with Gasteiger partial charge in [0, 0.05) is 52.2 Å². The first-order chi connectivity index (χ1) is 22.7. The summed E-state index contributed by atoms with van der Waals surface area (Å²) >= 11 is 0. The molecule has 0 spiro atoms. The number of para-hydroxylation sites is 2. The third-order valence-corrected chi connectivity index (χ3v) is 8.48. The SMILES string of the molecule is CCC[N+](C)(CC(=O)CCCCCCC(=O)C[N+](C)(CCC)Cc1ccccc1OC(=O)N(C)C)Cc1ccccc1OC(=O)N(C)C.[Br-].[Br-]. The molecule has 0 saturated carbocycles. The normalized spacial score (nSPS) is 13.0. The zero-order chi connectivity index (χ0) is 35.7. The summed E-state index contributed by atoms with van der Waals surface area (Å²) in [5, 5.41) is 0. The summed E-state index contributed by atoms with van der Waals surface area (Å²) in [5.74, 6) is 1.52. The molecule has 0 aromatic heterocycles. The fourth-order valence-electron chi connectivity index (χ4n) is 6.18. The number of hydrogen-bond acceptors (Lipinski definition) is 6. The van der Waals surface area contributed by atoms with Gasteiger partial charge in [-0.2, -0.15) is 0 Å². The van der Waals surface area contributed by atoms with E-state index in [-0.39, 0.29) is 45.5 Å². The molecule has 2 amide bonds. The van der Waals surface area contributed by atoms with Gasteiger partial charge in [-0.15, -0.1) is 0 Å². The first kappa shape index (κ1) is 47.2. The molecule has 282 valence electrons. The van der Waals surface area contributed by atoms with E-state index in [1.165, 1.54) is 9.80 Å². The number of carbonyl (C=O) groups is 4. The van der Waals surface area contributed by atoms with Gasteiger partial charge in [-0.3, -0.25) is 9.59 Å². The van der Waals surface area contributed by atoms with Crippen molar-refractivity contribution in [3.05, 3.63) is 59.7 Å². The number of hydrogen-bond donors (Lipinski definition) is 0. The van der Waals surface area contributed by atoms with Gasteiger partial charge in [0.2, 0.25) is 0 Å². The maximum absolute atomic E-state index is 13.1. The Kier molecular flexibility index (Phi) is 22.3. The highest BCUT2D eigenvalue weighted by Crippen LogP contribution is 2.25. The molecule has 0 aliphatic rings. The Bertz CT molecular complexity index is 1260. The van der Waals surface area contributed by atoms with Crippen LogP contribution in [0.1, 0.15) is 76.3 Å². The minimum Gasteiger partial charge on any atom is -1.00 e. The molecule has 0 bridgehead atoms. The number of carbonyl (C=O) groups excluding carboxylic acids is 4. The summed E-state index contributed by atoms with van der Waals surface area (Å²) in [6.07, 6.45) is 5.49. The molecular formula is C38H60Br2N4O6. The third kappa shape index (κ3) is 16.9. The first-order valence-corrected chi connectivity index (χ1v) is 17.4. The molecule has 0 fully saturated rings. The Labute approximate surface area is 321 Å². The van der Waals surface area contributed by atoms with Crippen molar-refractivity contribution in [3.8, 4) is 11.5 Å². The van der Waals surface area contributed by atoms with Crippen LogP contribution < -0.4 is 43.4 Å². The molecule has 2 aromatic carbocycles. The van der Waals surface area contributed by atoms with Crippen LogP contribution in [0.5, 0.6) is 11.5 Å². The van der Waals surface area contributed by atoms with Crippen molar-refractivity contribution < 1.29 is 71.6 Å². The molecule has 10 nitrogen and oxygen atoms in total. The van der Waals surface area contributed by atoms with Crippen LogP contribution in [0.2, 0.25) is 0 Å². The van der Waals surface area contributed by atoms with Gasteiger partial charge in [-0.1, -0.05) is 51.0 Å². The standard InChI is InChI=1S/C38H60N4O6.2BrH/c1-9-25-41(7,27-31-19-15-17-23-35(31)47-37(45)39(3)4)29-33(43)21-13-11-12-14-22-34(44)30-42(8,26-10-2)28-32-20-16-18-24-36(32)48-38(46)40(5)6;;/h15-20,23-24H,9-14,21-22,25-30H2,1-8H3;2*1H/q+2;;/p-2. The van der Waals surface area contributed by atoms with E-state index in [0.29, 0.717) is 59.5 Å². The summed E-state index contributed by atoms with van der Waals surface area (Å²) in [5.41, 5.74) is 1.82. The van der Waals surface area contributed by atoms with Gasteiger partial charge in [0.25, 0.3) is 0 Å². The van der Waals surface area contributed by atoms with E-state index in [1.54, 1.807) is 40.3 Å². The van der Waals surface area contributed by atoms with Gasteiger partial charge in [0.1, 0.15) is 37.7 Å². The fourth-order valence-corrected chi connectivity index (χ4v) is 6.18. The average molecular weight is 829 g/mol. The van der Waals surface area contributed by atoms with Crippen LogP contribution in [0, 0.1) is 0 Å². The Morgan fingerprint density at radius 3 is 1.24 bits per heavy atom. The molecule has 0 heterocycles. The number of ether oxygens (including phenoxy) is 2. The zero-order valence-electron chi connectivity index (χ0n) is 31.5. The zero-order valence-corrected chi connectivity index (χ0v) is 34.7. The summed E-state index contributed by atoms with van der Waals surface area (Å²) in [7, 11) is 10.8. The third-order valence-electron chi connectivity index (χ3n) is 8.48. The second kappa shape index (κ2) is 23.6. The molecule has 0 radical (unpaired) electrons. The number of unbranched alkanes of at least 4 members (excludes halogenated alkanes) is 3. The van der Waals surface area contributed by atoms with Gasteiger partial charge in [-0.25, -0.2) is 9.59 Å². The van der Waals surface area contributed by atoms with Crippen LogP contribution in [-0.2, 0) is 22.7 Å². The average Bonchev–Trinajstić information content (AvgIpc) is 3.00. The molecule has 2 unspecified atom stereocenters. The van der Waals surface area contributed by atoms with Crippen LogP contribution in [0.25, 0.3) is 0 Å². The summed E-state index contributed by atoms with van der Waals surface area (Å²) in [6, 6.07) is 15.1. The second-order valence-electron chi connectivity index (χ2n) is 14.1. The predicted molar refractivity (Wildman–Crippen MR) is 190 cm³/mol. The molecule has 0 saturated heterocycles. The van der Waals surface area contributed by atoms with Crippen LogP contribution in [0.4, 0.5) is 9.59 Å². The minimum absolute atomic E-state index is 0. The monoisotopic (exact) mass is 826 g/mol. The number of rotatable bonds is 21. The van der Waals surface area contributed by atoms with Gasteiger partial charge in [0.05, 0.1) is 27.2 Å².